The molecule has 0 saturated carbocycles. The Balaban J connectivity index is 1.98. The van der Waals surface area contributed by atoms with Crippen molar-refractivity contribution in [3.05, 3.63) is 0 Å². The molecule has 140 valence electrons. The maximum atomic E-state index is 12.5. The van der Waals surface area contributed by atoms with Crippen molar-refractivity contribution >= 4 is 23.7 Å². The van der Waals surface area contributed by atoms with Gasteiger partial charge in [-0.15, -0.1) is 0 Å². The fourth-order valence-electron chi connectivity index (χ4n) is 3.47. The summed E-state index contributed by atoms with van der Waals surface area (Å²) in [5.41, 5.74) is 5.61. The third kappa shape index (κ3) is 4.09. The zero-order chi connectivity index (χ0) is 18.7. The number of hydrogen-bond acceptors (Lipinski definition) is 5. The summed E-state index contributed by atoms with van der Waals surface area (Å²) in [4.78, 5) is 51.0. The SMILES string of the molecule is C[C@@H](N)C(=O)N1CCC[C@H]1C(=O)N[C@H](C)C(=O)N1CCC[C@H]1C(=O)O. The van der Waals surface area contributed by atoms with Crippen molar-refractivity contribution < 1.29 is 24.3 Å². The first-order valence-electron chi connectivity index (χ1n) is 8.63. The van der Waals surface area contributed by atoms with Crippen molar-refractivity contribution in [3.8, 4) is 0 Å². The Kier molecular flexibility index (Phi) is 5.99. The van der Waals surface area contributed by atoms with Gasteiger partial charge in [-0.1, -0.05) is 0 Å². The number of hydrogen-bond donors (Lipinski definition) is 3. The minimum absolute atomic E-state index is 0.290. The van der Waals surface area contributed by atoms with Crippen LogP contribution in [0.3, 0.4) is 0 Å². The summed E-state index contributed by atoms with van der Waals surface area (Å²) < 4.78 is 0. The van der Waals surface area contributed by atoms with Gasteiger partial charge in [0.05, 0.1) is 6.04 Å². The lowest BCUT2D eigenvalue weighted by molar-refractivity contribution is -0.149. The van der Waals surface area contributed by atoms with E-state index in [0.29, 0.717) is 38.8 Å². The normalized spacial score (nSPS) is 25.6. The van der Waals surface area contributed by atoms with Gasteiger partial charge in [0.2, 0.25) is 17.7 Å². The number of carbonyl (C=O) groups excluding carboxylic acids is 3. The maximum absolute atomic E-state index is 12.5. The third-order valence-corrected chi connectivity index (χ3v) is 4.78. The van der Waals surface area contributed by atoms with Gasteiger partial charge in [0.15, 0.2) is 0 Å². The van der Waals surface area contributed by atoms with E-state index >= 15 is 0 Å². The molecule has 2 heterocycles. The number of carboxylic acids is 1. The van der Waals surface area contributed by atoms with Gasteiger partial charge in [-0.3, -0.25) is 14.4 Å². The Hall–Kier alpha value is -2.16. The molecule has 0 bridgehead atoms. The number of nitrogens with zero attached hydrogens (tertiary/aromatic N) is 2. The Labute approximate surface area is 146 Å². The van der Waals surface area contributed by atoms with Crippen LogP contribution < -0.4 is 11.1 Å². The molecular formula is C16H26N4O5. The Morgan fingerprint density at radius 1 is 1.00 bits per heavy atom. The van der Waals surface area contributed by atoms with Crippen molar-refractivity contribution in [2.24, 2.45) is 5.73 Å². The third-order valence-electron chi connectivity index (χ3n) is 4.78. The predicted molar refractivity (Wildman–Crippen MR) is 88.4 cm³/mol. The van der Waals surface area contributed by atoms with Gasteiger partial charge in [0.1, 0.15) is 18.1 Å². The van der Waals surface area contributed by atoms with E-state index in [2.05, 4.69) is 5.32 Å². The Morgan fingerprint density at radius 3 is 2.04 bits per heavy atom. The molecule has 0 aliphatic carbocycles. The average molecular weight is 354 g/mol. The highest BCUT2D eigenvalue weighted by Crippen LogP contribution is 2.20. The van der Waals surface area contributed by atoms with Gasteiger partial charge in [-0.05, 0) is 39.5 Å². The number of nitrogens with two attached hydrogens (primary N) is 1. The number of amides is 3. The summed E-state index contributed by atoms with van der Waals surface area (Å²) in [5, 5.41) is 11.8. The van der Waals surface area contributed by atoms with E-state index in [9.17, 15) is 24.3 Å². The highest BCUT2D eigenvalue weighted by molar-refractivity contribution is 5.94. The average Bonchev–Trinajstić information content (AvgIpc) is 3.21. The van der Waals surface area contributed by atoms with Crippen LogP contribution in [-0.4, -0.2) is 75.9 Å². The van der Waals surface area contributed by atoms with Gasteiger partial charge in [0.25, 0.3) is 0 Å². The van der Waals surface area contributed by atoms with Gasteiger partial charge >= 0.3 is 5.97 Å². The lowest BCUT2D eigenvalue weighted by atomic mass is 10.1. The standard InChI is InChI=1S/C16H26N4O5/c1-9(17)14(22)19-7-3-5-11(19)13(21)18-10(2)15(23)20-8-4-6-12(20)16(24)25/h9-12H,3-8,17H2,1-2H3,(H,18,21)(H,24,25)/t9-,10-,11+,12+/m1/s1. The number of carbonyl (C=O) groups is 4. The van der Waals surface area contributed by atoms with Crippen LogP contribution >= 0.6 is 0 Å². The Bertz CT molecular complexity index is 565. The van der Waals surface area contributed by atoms with Gasteiger partial charge in [-0.25, -0.2) is 4.79 Å². The molecule has 0 unspecified atom stereocenters. The minimum atomic E-state index is -1.03. The molecule has 0 aromatic heterocycles. The van der Waals surface area contributed by atoms with E-state index in [4.69, 9.17) is 5.73 Å². The number of likely N-dealkylation sites (tertiary alicyclic amines) is 2. The Morgan fingerprint density at radius 2 is 1.52 bits per heavy atom. The molecule has 25 heavy (non-hydrogen) atoms. The van der Waals surface area contributed by atoms with E-state index in [1.54, 1.807) is 6.92 Å². The van der Waals surface area contributed by atoms with E-state index in [-0.39, 0.29) is 5.91 Å². The molecular weight excluding hydrogens is 328 g/mol. The molecule has 0 radical (unpaired) electrons. The first-order valence-corrected chi connectivity index (χ1v) is 8.63. The highest BCUT2D eigenvalue weighted by Gasteiger charge is 2.39. The molecule has 0 spiro atoms. The van der Waals surface area contributed by atoms with E-state index < -0.39 is 42.0 Å². The fraction of sp³-hybridized carbons (Fsp3) is 0.750. The molecule has 0 aromatic carbocycles. The molecule has 9 heteroatoms. The monoisotopic (exact) mass is 354 g/mol. The summed E-state index contributed by atoms with van der Waals surface area (Å²) in [6.07, 6.45) is 2.27. The van der Waals surface area contributed by atoms with Gasteiger partial charge < -0.3 is 26.0 Å². The quantitative estimate of drug-likeness (QED) is 0.574. The second-order valence-corrected chi connectivity index (χ2v) is 6.74. The largest absolute Gasteiger partial charge is 0.480 e. The predicted octanol–water partition coefficient (Wildman–Crippen LogP) is -1.10. The van der Waals surface area contributed by atoms with E-state index in [1.165, 1.54) is 16.7 Å². The van der Waals surface area contributed by atoms with Crippen LogP contribution in [0.2, 0.25) is 0 Å². The molecule has 4 N–H and O–H groups in total. The zero-order valence-corrected chi connectivity index (χ0v) is 14.6. The molecule has 3 amide bonds. The molecule has 2 fully saturated rings. The fourth-order valence-corrected chi connectivity index (χ4v) is 3.47. The molecule has 2 aliphatic heterocycles. The summed E-state index contributed by atoms with van der Waals surface area (Å²) in [7, 11) is 0. The topological polar surface area (TPSA) is 133 Å². The van der Waals surface area contributed by atoms with Crippen LogP contribution in [-0.2, 0) is 19.2 Å². The van der Waals surface area contributed by atoms with Crippen LogP contribution in [0.1, 0.15) is 39.5 Å². The number of nitrogens with one attached hydrogen (secondary N) is 1. The summed E-state index contributed by atoms with van der Waals surface area (Å²) in [6.45, 7) is 3.94. The van der Waals surface area contributed by atoms with Crippen molar-refractivity contribution in [2.45, 2.75) is 63.7 Å². The van der Waals surface area contributed by atoms with Gasteiger partial charge in [-0.2, -0.15) is 0 Å². The number of carboxylic acid groups (broad SMARTS) is 1. The maximum Gasteiger partial charge on any atom is 0.326 e. The minimum Gasteiger partial charge on any atom is -0.480 e. The first-order chi connectivity index (χ1) is 11.7. The summed E-state index contributed by atoms with van der Waals surface area (Å²) in [5.74, 6) is -2.14. The van der Waals surface area contributed by atoms with Crippen molar-refractivity contribution in [2.75, 3.05) is 13.1 Å². The number of rotatable bonds is 5. The highest BCUT2D eigenvalue weighted by atomic mass is 16.4. The second-order valence-electron chi connectivity index (χ2n) is 6.74. The van der Waals surface area contributed by atoms with Crippen molar-refractivity contribution in [3.63, 3.8) is 0 Å². The molecule has 2 rings (SSSR count). The summed E-state index contributed by atoms with van der Waals surface area (Å²) in [6, 6.07) is -3.01. The van der Waals surface area contributed by atoms with Crippen molar-refractivity contribution in [1.29, 1.82) is 0 Å². The summed E-state index contributed by atoms with van der Waals surface area (Å²) >= 11 is 0. The number of aliphatic carboxylic acids is 1. The lowest BCUT2D eigenvalue weighted by Crippen LogP contribution is -2.55. The van der Waals surface area contributed by atoms with Crippen LogP contribution in [0.4, 0.5) is 0 Å². The second kappa shape index (κ2) is 7.81. The van der Waals surface area contributed by atoms with Crippen LogP contribution in [0.5, 0.6) is 0 Å². The van der Waals surface area contributed by atoms with Crippen LogP contribution in [0, 0.1) is 0 Å². The molecule has 2 aliphatic rings. The lowest BCUT2D eigenvalue weighted by Gasteiger charge is -2.28. The smallest absolute Gasteiger partial charge is 0.326 e. The van der Waals surface area contributed by atoms with E-state index in [1.807, 2.05) is 0 Å². The van der Waals surface area contributed by atoms with Crippen LogP contribution in [0.15, 0.2) is 0 Å². The first kappa shape index (κ1) is 19.2. The van der Waals surface area contributed by atoms with E-state index in [0.717, 1.165) is 0 Å². The van der Waals surface area contributed by atoms with Gasteiger partial charge in [0, 0.05) is 13.1 Å². The van der Waals surface area contributed by atoms with Crippen LogP contribution in [0.25, 0.3) is 0 Å². The zero-order valence-electron chi connectivity index (χ0n) is 14.6. The molecule has 4 atom stereocenters. The molecule has 9 nitrogen and oxygen atoms in total. The molecule has 0 aromatic rings. The van der Waals surface area contributed by atoms with Crippen molar-refractivity contribution in [1.82, 2.24) is 15.1 Å². The molecule has 2 saturated heterocycles.